The van der Waals surface area contributed by atoms with Crippen LogP contribution < -0.4 is 14.7 Å². The van der Waals surface area contributed by atoms with E-state index in [9.17, 15) is 0 Å². The van der Waals surface area contributed by atoms with Gasteiger partial charge in [0.1, 0.15) is 23.6 Å². The van der Waals surface area contributed by atoms with Crippen molar-refractivity contribution in [2.24, 2.45) is 0 Å². The summed E-state index contributed by atoms with van der Waals surface area (Å²) in [5, 5.41) is 1.07. The van der Waals surface area contributed by atoms with Crippen LogP contribution in [0.15, 0.2) is 30.9 Å². The van der Waals surface area contributed by atoms with Gasteiger partial charge < -0.3 is 19.7 Å². The number of aromatic amines is 1. The third-order valence-electron chi connectivity index (χ3n) is 4.28. The lowest BCUT2D eigenvalue weighted by Gasteiger charge is -2.35. The van der Waals surface area contributed by atoms with Crippen LogP contribution in [0.1, 0.15) is 0 Å². The van der Waals surface area contributed by atoms with Crippen LogP contribution in [0, 0.1) is 0 Å². The molecule has 0 spiro atoms. The molecule has 4 rings (SSSR count). The molecule has 0 aromatic carbocycles. The molecule has 1 N–H and O–H groups in total. The van der Waals surface area contributed by atoms with Crippen molar-refractivity contribution in [1.29, 1.82) is 0 Å². The zero-order valence-corrected chi connectivity index (χ0v) is 13.8. The van der Waals surface area contributed by atoms with Crippen molar-refractivity contribution < 1.29 is 0 Å². The largest absolute Gasteiger partial charge is 0.363 e. The van der Waals surface area contributed by atoms with Crippen LogP contribution in [0.3, 0.4) is 0 Å². The molecule has 8 heteroatoms. The fourth-order valence-corrected chi connectivity index (χ4v) is 2.97. The van der Waals surface area contributed by atoms with Crippen LogP contribution in [0.5, 0.6) is 0 Å². The second-order valence-electron chi connectivity index (χ2n) is 6.02. The van der Waals surface area contributed by atoms with Gasteiger partial charge in [-0.1, -0.05) is 0 Å². The molecule has 0 unspecified atom stereocenters. The summed E-state index contributed by atoms with van der Waals surface area (Å²) in [6.07, 6.45) is 5.34. The monoisotopic (exact) mass is 324 g/mol. The van der Waals surface area contributed by atoms with Gasteiger partial charge >= 0.3 is 0 Å². The van der Waals surface area contributed by atoms with Gasteiger partial charge in [-0.25, -0.2) is 15.0 Å². The Kier molecular flexibility index (Phi) is 3.64. The van der Waals surface area contributed by atoms with Gasteiger partial charge in [-0.3, -0.25) is 0 Å². The molecule has 3 aromatic heterocycles. The van der Waals surface area contributed by atoms with Crippen LogP contribution in [-0.4, -0.2) is 65.2 Å². The Morgan fingerprint density at radius 2 is 1.79 bits per heavy atom. The highest BCUT2D eigenvalue weighted by Gasteiger charge is 2.22. The molecule has 1 saturated heterocycles. The first-order chi connectivity index (χ1) is 11.7. The molecule has 0 bridgehead atoms. The number of H-pyrrole nitrogens is 1. The Morgan fingerprint density at radius 1 is 1.00 bits per heavy atom. The molecule has 0 atom stereocenters. The number of nitrogens with zero attached hydrogens (tertiary/aromatic N) is 7. The van der Waals surface area contributed by atoms with Crippen molar-refractivity contribution >= 4 is 28.6 Å². The molecule has 3 aromatic rings. The van der Waals surface area contributed by atoms with E-state index in [0.717, 1.165) is 54.8 Å². The maximum absolute atomic E-state index is 4.63. The quantitative estimate of drug-likeness (QED) is 0.774. The topological polar surface area (TPSA) is 77.1 Å². The molecule has 8 nitrogen and oxygen atoms in total. The van der Waals surface area contributed by atoms with E-state index in [1.807, 2.05) is 43.5 Å². The van der Waals surface area contributed by atoms with Crippen LogP contribution in [0.4, 0.5) is 17.6 Å². The second-order valence-corrected chi connectivity index (χ2v) is 6.02. The predicted molar refractivity (Wildman–Crippen MR) is 94.7 cm³/mol. The number of piperazine rings is 1. The van der Waals surface area contributed by atoms with Crippen LogP contribution in [0.25, 0.3) is 11.0 Å². The molecule has 1 aliphatic rings. The van der Waals surface area contributed by atoms with E-state index >= 15 is 0 Å². The lowest BCUT2D eigenvalue weighted by molar-refractivity contribution is 0.635. The summed E-state index contributed by atoms with van der Waals surface area (Å²) in [7, 11) is 3.97. The molecular weight excluding hydrogens is 304 g/mol. The van der Waals surface area contributed by atoms with E-state index < -0.39 is 0 Å². The van der Waals surface area contributed by atoms with Crippen LogP contribution in [-0.2, 0) is 0 Å². The summed E-state index contributed by atoms with van der Waals surface area (Å²) in [5.41, 5.74) is 0.879. The predicted octanol–water partition coefficient (Wildman–Crippen LogP) is 1.14. The summed E-state index contributed by atoms with van der Waals surface area (Å²) in [6.45, 7) is 3.50. The fourth-order valence-electron chi connectivity index (χ4n) is 2.97. The number of rotatable bonds is 3. The number of anilines is 3. The summed E-state index contributed by atoms with van der Waals surface area (Å²) < 4.78 is 0. The number of hydrogen-bond donors (Lipinski definition) is 1. The van der Waals surface area contributed by atoms with E-state index in [-0.39, 0.29) is 0 Å². The van der Waals surface area contributed by atoms with Gasteiger partial charge in [0.2, 0.25) is 5.95 Å². The summed E-state index contributed by atoms with van der Waals surface area (Å²) in [5.74, 6) is 2.70. The van der Waals surface area contributed by atoms with Gasteiger partial charge in [-0.05, 0) is 12.1 Å². The van der Waals surface area contributed by atoms with E-state index in [1.165, 1.54) is 0 Å². The maximum atomic E-state index is 4.63. The zero-order valence-electron chi connectivity index (χ0n) is 13.8. The molecule has 0 aliphatic carbocycles. The molecule has 0 radical (unpaired) electrons. The highest BCUT2D eigenvalue weighted by Crippen LogP contribution is 2.24. The molecule has 1 fully saturated rings. The Bertz CT molecular complexity index is 835. The summed E-state index contributed by atoms with van der Waals surface area (Å²) in [4.78, 5) is 27.4. The molecule has 1 aliphatic heterocycles. The molecule has 124 valence electrons. The number of nitrogens with one attached hydrogen (secondary N) is 1. The van der Waals surface area contributed by atoms with Gasteiger partial charge in [0.25, 0.3) is 0 Å². The van der Waals surface area contributed by atoms with E-state index in [0.29, 0.717) is 0 Å². The minimum absolute atomic E-state index is 0.787. The van der Waals surface area contributed by atoms with Crippen molar-refractivity contribution in [3.05, 3.63) is 30.9 Å². The molecular formula is C16H20N8. The second kappa shape index (κ2) is 5.95. The molecule has 4 heterocycles. The van der Waals surface area contributed by atoms with Crippen molar-refractivity contribution in [3.63, 3.8) is 0 Å². The molecule has 0 amide bonds. The van der Waals surface area contributed by atoms with Gasteiger partial charge in [0, 0.05) is 52.7 Å². The first-order valence-electron chi connectivity index (χ1n) is 8.01. The minimum Gasteiger partial charge on any atom is -0.363 e. The lowest BCUT2D eigenvalue weighted by Crippen LogP contribution is -2.47. The molecule has 24 heavy (non-hydrogen) atoms. The first-order valence-corrected chi connectivity index (χ1v) is 8.01. The minimum atomic E-state index is 0.787. The van der Waals surface area contributed by atoms with Gasteiger partial charge in [-0.2, -0.15) is 4.98 Å². The highest BCUT2D eigenvalue weighted by atomic mass is 15.3. The number of fused-ring (bicyclic) bond motifs is 1. The molecule has 0 saturated carbocycles. The summed E-state index contributed by atoms with van der Waals surface area (Å²) in [6, 6.07) is 3.95. The normalized spacial score (nSPS) is 15.1. The van der Waals surface area contributed by atoms with E-state index in [4.69, 9.17) is 0 Å². The van der Waals surface area contributed by atoms with Crippen molar-refractivity contribution in [2.45, 2.75) is 0 Å². The Labute approximate surface area is 140 Å². The van der Waals surface area contributed by atoms with Crippen molar-refractivity contribution in [1.82, 2.24) is 24.9 Å². The fraction of sp³-hybridized carbons (Fsp3) is 0.375. The smallest absolute Gasteiger partial charge is 0.227 e. The SMILES string of the molecule is CN(C)c1ccnc(N2CCN(c3ncnc4[nH]ccc34)CC2)n1. The third kappa shape index (κ3) is 2.60. The lowest BCUT2D eigenvalue weighted by atomic mass is 10.3. The Hall–Kier alpha value is -2.90. The zero-order chi connectivity index (χ0) is 16.5. The highest BCUT2D eigenvalue weighted by molar-refractivity contribution is 5.87. The average Bonchev–Trinajstić information content (AvgIpc) is 3.11. The average molecular weight is 324 g/mol. The van der Waals surface area contributed by atoms with Crippen molar-refractivity contribution in [3.8, 4) is 0 Å². The maximum Gasteiger partial charge on any atom is 0.227 e. The number of hydrogen-bond acceptors (Lipinski definition) is 7. The first kappa shape index (κ1) is 14.7. The van der Waals surface area contributed by atoms with Gasteiger partial charge in [0.15, 0.2) is 0 Å². The van der Waals surface area contributed by atoms with Gasteiger partial charge in [-0.15, -0.1) is 0 Å². The van der Waals surface area contributed by atoms with Crippen molar-refractivity contribution in [2.75, 3.05) is 55.0 Å². The van der Waals surface area contributed by atoms with E-state index in [1.54, 1.807) is 6.33 Å². The Balaban J connectivity index is 1.51. The third-order valence-corrected chi connectivity index (χ3v) is 4.28. The van der Waals surface area contributed by atoms with Crippen LogP contribution >= 0.6 is 0 Å². The van der Waals surface area contributed by atoms with Crippen LogP contribution in [0.2, 0.25) is 0 Å². The van der Waals surface area contributed by atoms with E-state index in [2.05, 4.69) is 34.7 Å². The summed E-state index contributed by atoms with van der Waals surface area (Å²) >= 11 is 0. The standard InChI is InChI=1S/C16H20N8/c1-22(2)13-4-6-18-16(21-13)24-9-7-23(8-10-24)15-12-3-5-17-14(12)19-11-20-15/h3-6,11H,7-10H2,1-2H3,(H,17,19,20). The Morgan fingerprint density at radius 3 is 2.58 bits per heavy atom. The van der Waals surface area contributed by atoms with Gasteiger partial charge in [0.05, 0.1) is 5.39 Å². The number of aromatic nitrogens is 5.